The van der Waals surface area contributed by atoms with Crippen LogP contribution >= 0.6 is 0 Å². The molecule has 31 heavy (non-hydrogen) atoms. The van der Waals surface area contributed by atoms with Gasteiger partial charge in [0.25, 0.3) is 0 Å². The molecule has 3 aromatic carbocycles. The lowest BCUT2D eigenvalue weighted by Crippen LogP contribution is -2.37. The summed E-state index contributed by atoms with van der Waals surface area (Å²) in [5.74, 6) is 0.691. The largest absolute Gasteiger partial charge is 0.367 e. The zero-order valence-electron chi connectivity index (χ0n) is 17.4. The average Bonchev–Trinajstić information content (AvgIpc) is 3.24. The zero-order chi connectivity index (χ0) is 20.9. The lowest BCUT2D eigenvalue weighted by atomic mass is 9.86. The van der Waals surface area contributed by atoms with Crippen LogP contribution in [0.4, 0.5) is 17.1 Å². The molecule has 0 saturated carbocycles. The number of aromatic nitrogens is 1. The SMILES string of the molecule is C[C@@H]1CCCCN1c1cc(Nc2ccccc2)c2c3c(onc13)-c1ccccc1C2=O. The fourth-order valence-electron chi connectivity index (χ4n) is 4.99. The molecule has 5 nitrogen and oxygen atoms in total. The summed E-state index contributed by atoms with van der Waals surface area (Å²) in [6.07, 6.45) is 3.54. The van der Waals surface area contributed by atoms with Crippen LogP contribution in [0.3, 0.4) is 0 Å². The second-order valence-corrected chi connectivity index (χ2v) is 8.46. The average molecular weight is 409 g/mol. The Hall–Kier alpha value is -3.60. The van der Waals surface area contributed by atoms with Crippen molar-refractivity contribution in [1.82, 2.24) is 5.16 Å². The summed E-state index contributed by atoms with van der Waals surface area (Å²) in [5.41, 5.74) is 5.67. The summed E-state index contributed by atoms with van der Waals surface area (Å²) < 4.78 is 5.89. The van der Waals surface area contributed by atoms with Gasteiger partial charge in [0, 0.05) is 29.4 Å². The van der Waals surface area contributed by atoms with E-state index in [1.807, 2.05) is 54.6 Å². The maximum absolute atomic E-state index is 13.6. The lowest BCUT2D eigenvalue weighted by molar-refractivity contribution is 0.104. The maximum atomic E-state index is 13.6. The summed E-state index contributed by atoms with van der Waals surface area (Å²) in [5, 5.41) is 8.81. The molecule has 2 heterocycles. The third kappa shape index (κ3) is 2.76. The van der Waals surface area contributed by atoms with Gasteiger partial charge in [0.05, 0.1) is 22.3 Å². The smallest absolute Gasteiger partial charge is 0.196 e. The van der Waals surface area contributed by atoms with E-state index in [-0.39, 0.29) is 5.78 Å². The van der Waals surface area contributed by atoms with Gasteiger partial charge in [0.15, 0.2) is 11.5 Å². The molecule has 0 spiro atoms. The number of hydrogen-bond donors (Lipinski definition) is 1. The van der Waals surface area contributed by atoms with E-state index in [1.165, 1.54) is 6.42 Å². The van der Waals surface area contributed by atoms with Crippen molar-refractivity contribution in [2.75, 3.05) is 16.8 Å². The van der Waals surface area contributed by atoms with E-state index in [0.29, 0.717) is 22.9 Å². The van der Waals surface area contributed by atoms with Crippen LogP contribution in [0.25, 0.3) is 22.2 Å². The molecule has 1 N–H and O–H groups in total. The first-order valence-corrected chi connectivity index (χ1v) is 10.9. The lowest BCUT2D eigenvalue weighted by Gasteiger charge is -2.36. The van der Waals surface area contributed by atoms with Crippen LogP contribution in [0.15, 0.2) is 65.2 Å². The molecule has 6 rings (SSSR count). The number of fused-ring (bicyclic) bond motifs is 2. The minimum absolute atomic E-state index is 0.00738. The second-order valence-electron chi connectivity index (χ2n) is 8.46. The fraction of sp³-hybridized carbons (Fsp3) is 0.231. The molecular formula is C26H23N3O2. The van der Waals surface area contributed by atoms with Gasteiger partial charge in [-0.3, -0.25) is 4.79 Å². The molecule has 0 radical (unpaired) electrons. The highest BCUT2D eigenvalue weighted by Gasteiger charge is 2.34. The normalized spacial score (nSPS) is 17.6. The number of carbonyl (C=O) groups is 1. The molecule has 0 bridgehead atoms. The summed E-state index contributed by atoms with van der Waals surface area (Å²) in [4.78, 5) is 16.0. The van der Waals surface area contributed by atoms with Crippen molar-refractivity contribution in [3.05, 3.63) is 71.8 Å². The first-order valence-electron chi connectivity index (χ1n) is 10.9. The van der Waals surface area contributed by atoms with Gasteiger partial charge in [-0.1, -0.05) is 47.6 Å². The Labute approximate surface area is 180 Å². The monoisotopic (exact) mass is 409 g/mol. The van der Waals surface area contributed by atoms with Crippen molar-refractivity contribution in [3.63, 3.8) is 0 Å². The summed E-state index contributed by atoms with van der Waals surface area (Å²) >= 11 is 0. The molecule has 2 aliphatic rings. The van der Waals surface area contributed by atoms with Crippen LogP contribution in [-0.4, -0.2) is 23.5 Å². The molecule has 1 saturated heterocycles. The van der Waals surface area contributed by atoms with Crippen molar-refractivity contribution >= 4 is 33.7 Å². The molecule has 0 unspecified atom stereocenters. The number of piperidine rings is 1. The Morgan fingerprint density at radius 2 is 1.81 bits per heavy atom. The van der Waals surface area contributed by atoms with Crippen LogP contribution in [0.2, 0.25) is 0 Å². The van der Waals surface area contributed by atoms with E-state index < -0.39 is 0 Å². The summed E-state index contributed by atoms with van der Waals surface area (Å²) in [7, 11) is 0. The number of hydrogen-bond acceptors (Lipinski definition) is 5. The quantitative estimate of drug-likeness (QED) is 0.387. The first-order chi connectivity index (χ1) is 15.2. The molecule has 1 aliphatic carbocycles. The molecule has 1 fully saturated rings. The number of nitrogens with zero attached hydrogens (tertiary/aromatic N) is 2. The first kappa shape index (κ1) is 18.2. The zero-order valence-corrected chi connectivity index (χ0v) is 17.4. The Kier molecular flexibility index (Phi) is 4.10. The van der Waals surface area contributed by atoms with Crippen molar-refractivity contribution in [2.45, 2.75) is 32.2 Å². The number of rotatable bonds is 3. The number of carbonyl (C=O) groups excluding carboxylic acids is 1. The van der Waals surface area contributed by atoms with E-state index in [4.69, 9.17) is 4.52 Å². The molecule has 154 valence electrons. The van der Waals surface area contributed by atoms with Crippen LogP contribution < -0.4 is 10.2 Å². The molecule has 1 atom stereocenters. The number of benzene rings is 3. The van der Waals surface area contributed by atoms with E-state index in [2.05, 4.69) is 28.4 Å². The van der Waals surface area contributed by atoms with Gasteiger partial charge in [-0.2, -0.15) is 0 Å². The predicted octanol–water partition coefficient (Wildman–Crippen LogP) is 6.16. The van der Waals surface area contributed by atoms with E-state index >= 15 is 0 Å². The van der Waals surface area contributed by atoms with Crippen LogP contribution in [0.1, 0.15) is 42.1 Å². The summed E-state index contributed by atoms with van der Waals surface area (Å²) in [6, 6.07) is 20.1. The highest BCUT2D eigenvalue weighted by Crippen LogP contribution is 2.47. The van der Waals surface area contributed by atoms with Crippen molar-refractivity contribution in [1.29, 1.82) is 0 Å². The Morgan fingerprint density at radius 3 is 2.61 bits per heavy atom. The minimum atomic E-state index is 0.00738. The Bertz CT molecular complexity index is 1310. The molecule has 1 aliphatic heterocycles. The predicted molar refractivity (Wildman–Crippen MR) is 123 cm³/mol. The molecular weight excluding hydrogens is 386 g/mol. The Morgan fingerprint density at radius 1 is 1.03 bits per heavy atom. The molecule has 5 heteroatoms. The molecule has 1 aromatic heterocycles. The van der Waals surface area contributed by atoms with Gasteiger partial charge in [-0.15, -0.1) is 0 Å². The van der Waals surface area contributed by atoms with Crippen LogP contribution in [0, 0.1) is 0 Å². The topological polar surface area (TPSA) is 58.4 Å². The van der Waals surface area contributed by atoms with Crippen molar-refractivity contribution < 1.29 is 9.32 Å². The molecule has 4 aromatic rings. The van der Waals surface area contributed by atoms with Crippen LogP contribution in [0.5, 0.6) is 0 Å². The third-order valence-corrected chi connectivity index (χ3v) is 6.54. The highest BCUT2D eigenvalue weighted by molar-refractivity contribution is 6.28. The molecule has 0 amide bonds. The van der Waals surface area contributed by atoms with E-state index in [9.17, 15) is 4.79 Å². The van der Waals surface area contributed by atoms with Gasteiger partial charge < -0.3 is 14.7 Å². The number of para-hydroxylation sites is 1. The van der Waals surface area contributed by atoms with E-state index in [1.54, 1.807) is 0 Å². The number of ketones is 1. The summed E-state index contributed by atoms with van der Waals surface area (Å²) in [6.45, 7) is 3.24. The fourth-order valence-corrected chi connectivity index (χ4v) is 4.99. The van der Waals surface area contributed by atoms with Crippen molar-refractivity contribution in [3.8, 4) is 11.3 Å². The van der Waals surface area contributed by atoms with Gasteiger partial charge in [-0.25, -0.2) is 0 Å². The van der Waals surface area contributed by atoms with E-state index in [0.717, 1.165) is 52.9 Å². The van der Waals surface area contributed by atoms with Crippen molar-refractivity contribution in [2.24, 2.45) is 0 Å². The van der Waals surface area contributed by atoms with Gasteiger partial charge >= 0.3 is 0 Å². The minimum Gasteiger partial charge on any atom is -0.367 e. The Balaban J connectivity index is 1.64. The highest BCUT2D eigenvalue weighted by atomic mass is 16.5. The van der Waals surface area contributed by atoms with Gasteiger partial charge in [0.1, 0.15) is 5.52 Å². The third-order valence-electron chi connectivity index (χ3n) is 6.54. The van der Waals surface area contributed by atoms with Crippen LogP contribution in [-0.2, 0) is 0 Å². The number of anilines is 3. The van der Waals surface area contributed by atoms with Gasteiger partial charge in [-0.05, 0) is 44.4 Å². The second kappa shape index (κ2) is 6.98. The standard InChI is InChI=1S/C26H23N3O2/c1-16-9-7-8-14-29(16)21-15-20(27-17-10-3-2-4-11-17)22-23-24(21)28-31-26(23)19-13-6-5-12-18(19)25(22)30/h2-6,10-13,15-16,27H,7-9,14H2,1H3/t16-/m1/s1. The maximum Gasteiger partial charge on any atom is 0.196 e. The van der Waals surface area contributed by atoms with Gasteiger partial charge in [0.2, 0.25) is 0 Å². The number of nitrogens with one attached hydrogen (secondary N) is 1.